The van der Waals surface area contributed by atoms with E-state index in [1.54, 1.807) is 24.3 Å². The molecule has 2 aromatic carbocycles. The van der Waals surface area contributed by atoms with Crippen molar-refractivity contribution < 1.29 is 9.59 Å². The van der Waals surface area contributed by atoms with Gasteiger partial charge >= 0.3 is 0 Å². The first-order chi connectivity index (χ1) is 13.6. The lowest BCUT2D eigenvalue weighted by molar-refractivity contribution is -0.116. The Kier molecular flexibility index (Phi) is 6.98. The molecule has 0 atom stereocenters. The Morgan fingerprint density at radius 1 is 1.04 bits per heavy atom. The molecule has 0 fully saturated rings. The van der Waals surface area contributed by atoms with Crippen molar-refractivity contribution in [1.29, 1.82) is 0 Å². The molecule has 3 rings (SSSR count). The second kappa shape index (κ2) is 9.85. The van der Waals surface area contributed by atoms with Crippen molar-refractivity contribution >= 4 is 23.1 Å². The van der Waals surface area contributed by atoms with E-state index in [-0.39, 0.29) is 5.91 Å². The van der Waals surface area contributed by atoms with Gasteiger partial charge in [0.25, 0.3) is 5.91 Å². The highest BCUT2D eigenvalue weighted by atomic mass is 16.2. The highest BCUT2D eigenvalue weighted by Gasteiger charge is 2.13. The van der Waals surface area contributed by atoms with Crippen LogP contribution in [0.1, 0.15) is 41.6 Å². The zero-order valence-corrected chi connectivity index (χ0v) is 16.1. The van der Waals surface area contributed by atoms with Gasteiger partial charge in [-0.2, -0.15) is 0 Å². The normalized spacial score (nSPS) is 14.8. The van der Waals surface area contributed by atoms with Crippen LogP contribution in [0.3, 0.4) is 0 Å². The topological polar surface area (TPSA) is 75.4 Å². The van der Waals surface area contributed by atoms with Gasteiger partial charge in [0, 0.05) is 13.0 Å². The van der Waals surface area contributed by atoms with Crippen LogP contribution in [-0.4, -0.2) is 36.3 Å². The third-order valence-corrected chi connectivity index (χ3v) is 5.01. The summed E-state index contributed by atoms with van der Waals surface area (Å²) in [4.78, 5) is 26.1. The summed E-state index contributed by atoms with van der Waals surface area (Å²) in [6.07, 6.45) is 5.72. The van der Waals surface area contributed by atoms with Gasteiger partial charge in [-0.05, 0) is 55.6 Å². The Hall–Kier alpha value is -2.92. The van der Waals surface area contributed by atoms with Gasteiger partial charge in [-0.1, -0.05) is 48.5 Å². The highest BCUT2D eigenvalue weighted by molar-refractivity contribution is 6.02. The van der Waals surface area contributed by atoms with Crippen LogP contribution in [0.5, 0.6) is 0 Å². The largest absolute Gasteiger partial charge is 0.366 e. The molecule has 2 aromatic rings. The summed E-state index contributed by atoms with van der Waals surface area (Å²) in [5.41, 5.74) is 8.87. The third kappa shape index (κ3) is 5.54. The number of amides is 2. The van der Waals surface area contributed by atoms with E-state index in [0.717, 1.165) is 38.9 Å². The second-order valence-electron chi connectivity index (χ2n) is 7.06. The van der Waals surface area contributed by atoms with E-state index >= 15 is 0 Å². The molecule has 0 bridgehead atoms. The minimum atomic E-state index is -0.540. The maximum atomic E-state index is 12.2. The summed E-state index contributed by atoms with van der Waals surface area (Å²) >= 11 is 0. The number of nitrogens with one attached hydrogen (secondary N) is 1. The molecule has 0 spiro atoms. The molecule has 2 amide bonds. The Balaban J connectivity index is 1.47. The van der Waals surface area contributed by atoms with Gasteiger partial charge in [0.2, 0.25) is 5.91 Å². The lowest BCUT2D eigenvalue weighted by Gasteiger charge is -2.18. The predicted octanol–water partition coefficient (Wildman–Crippen LogP) is 3.68. The quantitative estimate of drug-likeness (QED) is 0.773. The van der Waals surface area contributed by atoms with E-state index in [1.165, 1.54) is 11.1 Å². The number of para-hydroxylation sites is 1. The summed E-state index contributed by atoms with van der Waals surface area (Å²) in [5.74, 6) is -0.634. The van der Waals surface area contributed by atoms with Gasteiger partial charge in [0.05, 0.1) is 11.3 Å². The van der Waals surface area contributed by atoms with Gasteiger partial charge < -0.3 is 11.1 Å². The van der Waals surface area contributed by atoms with Gasteiger partial charge in [0.1, 0.15) is 0 Å². The van der Waals surface area contributed by atoms with Gasteiger partial charge in [-0.15, -0.1) is 0 Å². The van der Waals surface area contributed by atoms with Crippen LogP contribution in [-0.2, 0) is 4.79 Å². The fourth-order valence-electron chi connectivity index (χ4n) is 3.53. The molecule has 1 aliphatic heterocycles. The molecular formula is C23H27N3O2. The average Bonchev–Trinajstić information content (AvgIpc) is 2.95. The Labute approximate surface area is 166 Å². The molecule has 28 heavy (non-hydrogen) atoms. The first kappa shape index (κ1) is 19.8. The van der Waals surface area contributed by atoms with E-state index in [1.807, 2.05) is 6.07 Å². The number of allylic oxidation sites excluding steroid dienone is 1. The fourth-order valence-corrected chi connectivity index (χ4v) is 3.53. The smallest absolute Gasteiger partial charge is 0.250 e. The molecule has 5 heteroatoms. The molecule has 1 aliphatic rings. The van der Waals surface area contributed by atoms with Crippen LogP contribution in [0.4, 0.5) is 5.69 Å². The van der Waals surface area contributed by atoms with E-state index in [2.05, 4.69) is 40.6 Å². The van der Waals surface area contributed by atoms with Crippen molar-refractivity contribution in [2.45, 2.75) is 25.7 Å². The second-order valence-corrected chi connectivity index (χ2v) is 7.06. The van der Waals surface area contributed by atoms with Crippen molar-refractivity contribution in [3.05, 3.63) is 71.8 Å². The number of anilines is 1. The van der Waals surface area contributed by atoms with E-state index in [0.29, 0.717) is 17.7 Å². The number of primary amides is 1. The number of carbonyl (C=O) groups is 2. The molecule has 0 unspecified atom stereocenters. The molecule has 0 saturated heterocycles. The molecule has 0 aromatic heterocycles. The van der Waals surface area contributed by atoms with E-state index in [4.69, 9.17) is 5.73 Å². The predicted molar refractivity (Wildman–Crippen MR) is 113 cm³/mol. The summed E-state index contributed by atoms with van der Waals surface area (Å²) in [7, 11) is 0. The SMILES string of the molecule is NC(=O)c1ccccc1NC(=O)CCCN1CC=C(c2ccccc2)CCC1. The maximum absolute atomic E-state index is 12.2. The third-order valence-electron chi connectivity index (χ3n) is 5.01. The Bertz CT molecular complexity index is 846. The zero-order valence-electron chi connectivity index (χ0n) is 16.1. The number of carbonyl (C=O) groups excluding carboxylic acids is 2. The van der Waals surface area contributed by atoms with Gasteiger partial charge in [-0.25, -0.2) is 0 Å². The number of benzene rings is 2. The van der Waals surface area contributed by atoms with Crippen LogP contribution in [0.15, 0.2) is 60.7 Å². The Morgan fingerprint density at radius 2 is 1.79 bits per heavy atom. The number of nitrogens with zero attached hydrogens (tertiary/aromatic N) is 1. The van der Waals surface area contributed by atoms with Gasteiger partial charge in [-0.3, -0.25) is 14.5 Å². The Morgan fingerprint density at radius 3 is 2.57 bits per heavy atom. The summed E-state index contributed by atoms with van der Waals surface area (Å²) in [5, 5.41) is 2.80. The molecule has 0 saturated carbocycles. The van der Waals surface area contributed by atoms with Crippen LogP contribution in [0.2, 0.25) is 0 Å². The first-order valence-electron chi connectivity index (χ1n) is 9.79. The van der Waals surface area contributed by atoms with Crippen LogP contribution in [0.25, 0.3) is 5.57 Å². The lowest BCUT2D eigenvalue weighted by atomic mass is 10.0. The van der Waals surface area contributed by atoms with Crippen molar-refractivity contribution in [2.24, 2.45) is 5.73 Å². The molecule has 0 radical (unpaired) electrons. The average molecular weight is 377 g/mol. The van der Waals surface area contributed by atoms with E-state index < -0.39 is 5.91 Å². The standard InChI is InChI=1S/C23H27N3O2/c24-23(28)20-11-4-5-12-21(20)25-22(27)13-7-16-26-15-6-10-19(14-17-26)18-8-2-1-3-9-18/h1-5,8-9,11-12,14H,6-7,10,13,15-17H2,(H2,24,28)(H,25,27). The summed E-state index contributed by atoms with van der Waals surface area (Å²) in [6.45, 7) is 2.83. The van der Waals surface area contributed by atoms with E-state index in [9.17, 15) is 9.59 Å². The number of hydrogen-bond acceptors (Lipinski definition) is 3. The highest BCUT2D eigenvalue weighted by Crippen LogP contribution is 2.22. The molecule has 1 heterocycles. The monoisotopic (exact) mass is 377 g/mol. The molecule has 0 aliphatic carbocycles. The van der Waals surface area contributed by atoms with Crippen LogP contribution < -0.4 is 11.1 Å². The molecular weight excluding hydrogens is 350 g/mol. The van der Waals surface area contributed by atoms with Crippen LogP contribution in [0, 0.1) is 0 Å². The van der Waals surface area contributed by atoms with Crippen molar-refractivity contribution in [2.75, 3.05) is 25.0 Å². The maximum Gasteiger partial charge on any atom is 0.250 e. The fraction of sp³-hybridized carbons (Fsp3) is 0.304. The van der Waals surface area contributed by atoms with Crippen molar-refractivity contribution in [3.63, 3.8) is 0 Å². The molecule has 3 N–H and O–H groups in total. The minimum Gasteiger partial charge on any atom is -0.366 e. The van der Waals surface area contributed by atoms with Crippen molar-refractivity contribution in [1.82, 2.24) is 4.90 Å². The van der Waals surface area contributed by atoms with Crippen LogP contribution >= 0.6 is 0 Å². The lowest BCUT2D eigenvalue weighted by Crippen LogP contribution is -2.26. The minimum absolute atomic E-state index is 0.0935. The number of nitrogens with two attached hydrogens (primary N) is 1. The summed E-state index contributed by atoms with van der Waals surface area (Å²) < 4.78 is 0. The molecule has 146 valence electrons. The number of rotatable bonds is 7. The van der Waals surface area contributed by atoms with Gasteiger partial charge in [0.15, 0.2) is 0 Å². The first-order valence-corrected chi connectivity index (χ1v) is 9.79. The number of hydrogen-bond donors (Lipinski definition) is 2. The van der Waals surface area contributed by atoms with Crippen molar-refractivity contribution in [3.8, 4) is 0 Å². The zero-order chi connectivity index (χ0) is 19.8. The summed E-state index contributed by atoms with van der Waals surface area (Å²) in [6, 6.07) is 17.3. The molecule has 5 nitrogen and oxygen atoms in total.